The van der Waals surface area contributed by atoms with E-state index < -0.39 is 17.6 Å². The maximum absolute atomic E-state index is 10.3. The number of carboxylic acids is 1. The molecule has 0 aliphatic carbocycles. The molecule has 0 amide bonds. The van der Waals surface area contributed by atoms with Crippen LogP contribution >= 0.6 is 0 Å². The summed E-state index contributed by atoms with van der Waals surface area (Å²) in [7, 11) is 0. The molecule has 1 aliphatic rings. The lowest BCUT2D eigenvalue weighted by atomic mass is 10.0. The number of carbonyl (C=O) groups is 1. The summed E-state index contributed by atoms with van der Waals surface area (Å²) in [4.78, 5) is 10.3. The number of rotatable bonds is 1. The van der Waals surface area contributed by atoms with E-state index >= 15 is 0 Å². The average Bonchev–Trinajstić information content (AvgIpc) is 2.10. The Balaban J connectivity index is 2.51. The van der Waals surface area contributed by atoms with Gasteiger partial charge in [0.15, 0.2) is 0 Å². The van der Waals surface area contributed by atoms with Gasteiger partial charge in [-0.05, 0) is 6.92 Å². The molecule has 1 saturated heterocycles. The second-order valence-corrected chi connectivity index (χ2v) is 2.97. The minimum atomic E-state index is -0.891. The Morgan fingerprint density at radius 1 is 1.80 bits per heavy atom. The molecular weight excluding hydrogens is 134 g/mol. The third-order valence-electron chi connectivity index (χ3n) is 1.67. The van der Waals surface area contributed by atoms with E-state index in [-0.39, 0.29) is 0 Å². The van der Waals surface area contributed by atoms with Gasteiger partial charge in [0.25, 0.3) is 0 Å². The second-order valence-electron chi connectivity index (χ2n) is 2.97. The maximum atomic E-state index is 10.3. The molecule has 0 radical (unpaired) electrons. The monoisotopic (exact) mass is 145 g/mol. The van der Waals surface area contributed by atoms with Crippen molar-refractivity contribution in [1.29, 1.82) is 0 Å². The zero-order valence-electron chi connectivity index (χ0n) is 5.79. The Kier molecular flexibility index (Phi) is 1.66. The van der Waals surface area contributed by atoms with Crippen molar-refractivity contribution in [3.05, 3.63) is 0 Å². The van der Waals surface area contributed by atoms with Crippen LogP contribution in [0.4, 0.5) is 0 Å². The highest BCUT2D eigenvalue weighted by molar-refractivity contribution is 5.74. The lowest BCUT2D eigenvalue weighted by Gasteiger charge is -2.12. The first kappa shape index (κ1) is 7.50. The molecule has 3 N–H and O–H groups in total. The number of β-amino-alcohol motifs (C(OH)–C–C–N with tert-alkyl or cyclic N) is 1. The van der Waals surface area contributed by atoms with Crippen LogP contribution in [0.2, 0.25) is 0 Å². The van der Waals surface area contributed by atoms with E-state index in [0.29, 0.717) is 13.0 Å². The summed E-state index contributed by atoms with van der Waals surface area (Å²) in [5.74, 6) is -0.891. The molecule has 0 saturated carbocycles. The van der Waals surface area contributed by atoms with Gasteiger partial charge in [0.1, 0.15) is 6.04 Å². The Morgan fingerprint density at radius 3 is 2.60 bits per heavy atom. The summed E-state index contributed by atoms with van der Waals surface area (Å²) in [6.07, 6.45) is 0.294. The Labute approximate surface area is 58.9 Å². The van der Waals surface area contributed by atoms with Crippen LogP contribution in [0.1, 0.15) is 13.3 Å². The van der Waals surface area contributed by atoms with Crippen molar-refractivity contribution in [3.8, 4) is 0 Å². The van der Waals surface area contributed by atoms with E-state index in [0.717, 1.165) is 0 Å². The van der Waals surface area contributed by atoms with Gasteiger partial charge in [-0.1, -0.05) is 0 Å². The smallest absolute Gasteiger partial charge is 0.320 e. The zero-order valence-corrected chi connectivity index (χ0v) is 5.79. The molecule has 0 bridgehead atoms. The highest BCUT2D eigenvalue weighted by Crippen LogP contribution is 2.17. The van der Waals surface area contributed by atoms with Crippen LogP contribution in [0.25, 0.3) is 0 Å². The highest BCUT2D eigenvalue weighted by atomic mass is 16.4. The first-order chi connectivity index (χ1) is 4.51. The van der Waals surface area contributed by atoms with Crippen LogP contribution in [0.3, 0.4) is 0 Å². The number of aliphatic hydroxyl groups is 1. The first-order valence-electron chi connectivity index (χ1n) is 3.20. The summed E-state index contributed by atoms with van der Waals surface area (Å²) < 4.78 is 0. The van der Waals surface area contributed by atoms with Gasteiger partial charge in [-0.15, -0.1) is 0 Å². The fourth-order valence-corrected chi connectivity index (χ4v) is 1.10. The van der Waals surface area contributed by atoms with Crippen molar-refractivity contribution >= 4 is 5.97 Å². The molecular formula is C6H11NO3. The zero-order chi connectivity index (χ0) is 7.78. The van der Waals surface area contributed by atoms with Gasteiger partial charge in [0.2, 0.25) is 0 Å². The lowest BCUT2D eigenvalue weighted by Crippen LogP contribution is -2.30. The average molecular weight is 145 g/mol. The number of nitrogens with one attached hydrogen (secondary N) is 1. The predicted molar refractivity (Wildman–Crippen MR) is 34.7 cm³/mol. The molecule has 1 rings (SSSR count). The van der Waals surface area contributed by atoms with Crippen molar-refractivity contribution in [2.45, 2.75) is 25.0 Å². The van der Waals surface area contributed by atoms with Gasteiger partial charge in [0, 0.05) is 13.0 Å². The van der Waals surface area contributed by atoms with E-state index in [1.54, 1.807) is 6.92 Å². The van der Waals surface area contributed by atoms with Gasteiger partial charge in [0.05, 0.1) is 5.60 Å². The third kappa shape index (κ3) is 1.46. The fourth-order valence-electron chi connectivity index (χ4n) is 1.10. The topological polar surface area (TPSA) is 69.6 Å². The minimum absolute atomic E-state index is 0.294. The van der Waals surface area contributed by atoms with Crippen molar-refractivity contribution in [2.24, 2.45) is 0 Å². The van der Waals surface area contributed by atoms with Crippen molar-refractivity contribution in [3.63, 3.8) is 0 Å². The lowest BCUT2D eigenvalue weighted by molar-refractivity contribution is -0.139. The summed E-state index contributed by atoms with van der Waals surface area (Å²) in [6.45, 7) is 1.99. The summed E-state index contributed by atoms with van der Waals surface area (Å²) in [6, 6.07) is -0.574. The third-order valence-corrected chi connectivity index (χ3v) is 1.67. The highest BCUT2D eigenvalue weighted by Gasteiger charge is 2.36. The summed E-state index contributed by atoms with van der Waals surface area (Å²) >= 11 is 0. The molecule has 4 nitrogen and oxygen atoms in total. The number of carboxylic acid groups (broad SMARTS) is 1. The van der Waals surface area contributed by atoms with Crippen molar-refractivity contribution in [2.75, 3.05) is 6.54 Å². The molecule has 4 heteroatoms. The molecule has 0 unspecified atom stereocenters. The van der Waals surface area contributed by atoms with Gasteiger partial charge in [-0.2, -0.15) is 0 Å². The van der Waals surface area contributed by atoms with E-state index in [1.165, 1.54) is 0 Å². The molecule has 2 atom stereocenters. The molecule has 0 aromatic heterocycles. The molecule has 0 aromatic rings. The van der Waals surface area contributed by atoms with E-state index in [1.807, 2.05) is 0 Å². The van der Waals surface area contributed by atoms with Crippen LogP contribution in [-0.2, 0) is 4.79 Å². The minimum Gasteiger partial charge on any atom is -0.480 e. The van der Waals surface area contributed by atoms with Crippen LogP contribution in [0.15, 0.2) is 0 Å². The van der Waals surface area contributed by atoms with Crippen molar-refractivity contribution < 1.29 is 15.0 Å². The molecule has 0 spiro atoms. The molecule has 1 heterocycles. The Bertz CT molecular complexity index is 155. The fraction of sp³-hybridized carbons (Fsp3) is 0.833. The second kappa shape index (κ2) is 2.21. The van der Waals surface area contributed by atoms with Gasteiger partial charge in [-0.3, -0.25) is 4.79 Å². The van der Waals surface area contributed by atoms with E-state index in [9.17, 15) is 9.90 Å². The molecule has 0 aromatic carbocycles. The van der Waals surface area contributed by atoms with E-state index in [4.69, 9.17) is 5.11 Å². The predicted octanol–water partition coefficient (Wildman–Crippen LogP) is -0.816. The maximum Gasteiger partial charge on any atom is 0.320 e. The summed E-state index contributed by atoms with van der Waals surface area (Å²) in [5, 5.41) is 20.5. The Morgan fingerprint density at radius 2 is 2.40 bits per heavy atom. The van der Waals surface area contributed by atoms with Gasteiger partial charge in [-0.25, -0.2) is 0 Å². The van der Waals surface area contributed by atoms with Crippen LogP contribution in [-0.4, -0.2) is 34.4 Å². The van der Waals surface area contributed by atoms with Gasteiger partial charge < -0.3 is 15.5 Å². The van der Waals surface area contributed by atoms with Crippen LogP contribution < -0.4 is 5.32 Å². The van der Waals surface area contributed by atoms with Gasteiger partial charge >= 0.3 is 5.97 Å². The van der Waals surface area contributed by atoms with Crippen molar-refractivity contribution in [1.82, 2.24) is 5.32 Å². The largest absolute Gasteiger partial charge is 0.480 e. The SMILES string of the molecule is C[C@]1(O)CN[C@@H](C(=O)O)C1. The molecule has 1 fully saturated rings. The standard InChI is InChI=1S/C6H11NO3/c1-6(10)2-4(5(8)9)7-3-6/h4,7,10H,2-3H2,1H3,(H,8,9)/t4-,6-/m1/s1. The first-order valence-corrected chi connectivity index (χ1v) is 3.20. The molecule has 58 valence electrons. The normalized spacial score (nSPS) is 40.0. The number of aliphatic carboxylic acids is 1. The van der Waals surface area contributed by atoms with Crippen LogP contribution in [0, 0.1) is 0 Å². The van der Waals surface area contributed by atoms with E-state index in [2.05, 4.69) is 5.32 Å². The number of hydrogen-bond donors (Lipinski definition) is 3. The molecule has 10 heavy (non-hydrogen) atoms. The van der Waals surface area contributed by atoms with Crippen LogP contribution in [0.5, 0.6) is 0 Å². The quantitative estimate of drug-likeness (QED) is 0.451. The number of hydrogen-bond acceptors (Lipinski definition) is 3. The summed E-state index contributed by atoms with van der Waals surface area (Å²) in [5.41, 5.74) is -0.844. The molecule has 1 aliphatic heterocycles. The Hall–Kier alpha value is -0.610.